The van der Waals surface area contributed by atoms with Gasteiger partial charge < -0.3 is 4.57 Å². The highest BCUT2D eigenvalue weighted by Crippen LogP contribution is 2.20. The van der Waals surface area contributed by atoms with Crippen molar-refractivity contribution in [3.63, 3.8) is 0 Å². The Labute approximate surface area is 90.2 Å². The monoisotopic (exact) mass is 203 g/mol. The third-order valence-electron chi connectivity index (χ3n) is 2.67. The van der Waals surface area contributed by atoms with E-state index < -0.39 is 0 Å². The Kier molecular flexibility index (Phi) is 2.47. The molecule has 0 aromatic carbocycles. The van der Waals surface area contributed by atoms with Crippen LogP contribution in [0.3, 0.4) is 0 Å². The van der Waals surface area contributed by atoms with Crippen LogP contribution in [0.5, 0.6) is 0 Å². The first-order valence-corrected chi connectivity index (χ1v) is 5.42. The summed E-state index contributed by atoms with van der Waals surface area (Å²) in [6.45, 7) is 8.67. The highest BCUT2D eigenvalue weighted by Gasteiger charge is 2.08. The third kappa shape index (κ3) is 1.74. The van der Waals surface area contributed by atoms with Gasteiger partial charge in [0.15, 0.2) is 5.65 Å². The Morgan fingerprint density at radius 2 is 1.87 bits per heavy atom. The van der Waals surface area contributed by atoms with Crippen molar-refractivity contribution in [2.24, 2.45) is 0 Å². The number of aromatic nitrogens is 3. The summed E-state index contributed by atoms with van der Waals surface area (Å²) in [5.74, 6) is 0.511. The van der Waals surface area contributed by atoms with Crippen LogP contribution in [0.1, 0.15) is 45.2 Å². The second-order valence-electron chi connectivity index (χ2n) is 4.51. The van der Waals surface area contributed by atoms with Crippen LogP contribution < -0.4 is 0 Å². The Morgan fingerprint density at radius 1 is 1.13 bits per heavy atom. The fourth-order valence-corrected chi connectivity index (χ4v) is 1.66. The Bertz CT molecular complexity index is 469. The Balaban J connectivity index is 2.61. The highest BCUT2D eigenvalue weighted by molar-refractivity contribution is 5.71. The summed E-state index contributed by atoms with van der Waals surface area (Å²) < 4.78 is 2.16. The van der Waals surface area contributed by atoms with Gasteiger partial charge in [0.25, 0.3) is 0 Å². The molecule has 0 bridgehead atoms. The van der Waals surface area contributed by atoms with E-state index in [1.54, 1.807) is 0 Å². The molecule has 0 spiro atoms. The van der Waals surface area contributed by atoms with E-state index in [1.807, 2.05) is 12.5 Å². The Morgan fingerprint density at radius 3 is 2.47 bits per heavy atom. The lowest BCUT2D eigenvalue weighted by Gasteiger charge is -2.09. The minimum atomic E-state index is 0.430. The third-order valence-corrected chi connectivity index (χ3v) is 2.67. The molecule has 0 N–H and O–H groups in total. The SMILES string of the molecule is CC(C)c1cnc2ncn(C(C)C)c2c1. The molecule has 3 nitrogen and oxygen atoms in total. The number of imidazole rings is 1. The first kappa shape index (κ1) is 10.1. The van der Waals surface area contributed by atoms with Crippen molar-refractivity contribution >= 4 is 11.2 Å². The zero-order valence-electron chi connectivity index (χ0n) is 9.73. The van der Waals surface area contributed by atoms with Crippen LogP contribution in [-0.2, 0) is 0 Å². The van der Waals surface area contributed by atoms with Gasteiger partial charge in [-0.05, 0) is 31.4 Å². The molecule has 2 aromatic heterocycles. The van der Waals surface area contributed by atoms with E-state index in [0.29, 0.717) is 12.0 Å². The summed E-state index contributed by atoms with van der Waals surface area (Å²) in [4.78, 5) is 8.67. The van der Waals surface area contributed by atoms with Crippen molar-refractivity contribution < 1.29 is 0 Å². The predicted molar refractivity (Wildman–Crippen MR) is 62.0 cm³/mol. The van der Waals surface area contributed by atoms with E-state index in [9.17, 15) is 0 Å². The van der Waals surface area contributed by atoms with Gasteiger partial charge >= 0.3 is 0 Å². The number of hydrogen-bond donors (Lipinski definition) is 0. The molecule has 0 saturated carbocycles. The molecule has 0 aliphatic rings. The van der Waals surface area contributed by atoms with Crippen LogP contribution in [0, 0.1) is 0 Å². The van der Waals surface area contributed by atoms with Crippen molar-refractivity contribution in [3.8, 4) is 0 Å². The van der Waals surface area contributed by atoms with Crippen molar-refractivity contribution in [1.82, 2.24) is 14.5 Å². The van der Waals surface area contributed by atoms with Crippen LogP contribution >= 0.6 is 0 Å². The van der Waals surface area contributed by atoms with Gasteiger partial charge in [-0.2, -0.15) is 0 Å². The molecule has 0 unspecified atom stereocenters. The van der Waals surface area contributed by atoms with Crippen LogP contribution in [0.15, 0.2) is 18.6 Å². The lowest BCUT2D eigenvalue weighted by Crippen LogP contribution is -1.99. The molecule has 3 heteroatoms. The molecule has 0 aliphatic heterocycles. The van der Waals surface area contributed by atoms with Crippen LogP contribution in [0.4, 0.5) is 0 Å². The van der Waals surface area contributed by atoms with Crippen LogP contribution in [-0.4, -0.2) is 14.5 Å². The van der Waals surface area contributed by atoms with E-state index in [0.717, 1.165) is 11.2 Å². The summed E-state index contributed by atoms with van der Waals surface area (Å²) in [5, 5.41) is 0. The molecule has 0 atom stereocenters. The van der Waals surface area contributed by atoms with Gasteiger partial charge in [-0.15, -0.1) is 0 Å². The number of rotatable bonds is 2. The van der Waals surface area contributed by atoms with Gasteiger partial charge in [-0.1, -0.05) is 13.8 Å². The summed E-state index contributed by atoms with van der Waals surface area (Å²) >= 11 is 0. The number of pyridine rings is 1. The van der Waals surface area contributed by atoms with Gasteiger partial charge in [0.05, 0.1) is 11.8 Å². The van der Waals surface area contributed by atoms with E-state index in [1.165, 1.54) is 5.56 Å². The lowest BCUT2D eigenvalue weighted by molar-refractivity contribution is 0.617. The van der Waals surface area contributed by atoms with Gasteiger partial charge in [0.2, 0.25) is 0 Å². The second kappa shape index (κ2) is 3.65. The summed E-state index contributed by atoms with van der Waals surface area (Å²) in [5.41, 5.74) is 3.24. The van der Waals surface area contributed by atoms with Crippen molar-refractivity contribution in [2.75, 3.05) is 0 Å². The maximum Gasteiger partial charge on any atom is 0.177 e. The predicted octanol–water partition coefficient (Wildman–Crippen LogP) is 3.14. The summed E-state index contributed by atoms with van der Waals surface area (Å²) in [6.07, 6.45) is 3.79. The van der Waals surface area contributed by atoms with E-state index in [-0.39, 0.29) is 0 Å². The van der Waals surface area contributed by atoms with Crippen LogP contribution in [0.25, 0.3) is 11.2 Å². The largest absolute Gasteiger partial charge is 0.327 e. The van der Waals surface area contributed by atoms with Gasteiger partial charge in [0.1, 0.15) is 0 Å². The topological polar surface area (TPSA) is 30.7 Å². The van der Waals surface area contributed by atoms with Gasteiger partial charge in [0, 0.05) is 12.2 Å². The van der Waals surface area contributed by atoms with E-state index in [2.05, 4.69) is 48.3 Å². The molecule has 0 amide bonds. The molecule has 0 fully saturated rings. The van der Waals surface area contributed by atoms with Crippen molar-refractivity contribution in [3.05, 3.63) is 24.2 Å². The molecule has 2 aromatic rings. The van der Waals surface area contributed by atoms with E-state index in [4.69, 9.17) is 0 Å². The zero-order valence-corrected chi connectivity index (χ0v) is 9.73. The molecule has 2 rings (SSSR count). The zero-order chi connectivity index (χ0) is 11.0. The number of fused-ring (bicyclic) bond motifs is 1. The summed E-state index contributed by atoms with van der Waals surface area (Å²) in [6, 6.07) is 2.62. The molecule has 0 aliphatic carbocycles. The van der Waals surface area contributed by atoms with E-state index >= 15 is 0 Å². The molecule has 2 heterocycles. The van der Waals surface area contributed by atoms with Gasteiger partial charge in [-0.25, -0.2) is 9.97 Å². The minimum absolute atomic E-state index is 0.430. The molecule has 0 radical (unpaired) electrons. The first-order valence-electron chi connectivity index (χ1n) is 5.42. The van der Waals surface area contributed by atoms with Crippen LogP contribution in [0.2, 0.25) is 0 Å². The van der Waals surface area contributed by atoms with Crippen molar-refractivity contribution in [2.45, 2.75) is 39.7 Å². The van der Waals surface area contributed by atoms with Crippen molar-refractivity contribution in [1.29, 1.82) is 0 Å². The average Bonchev–Trinajstić information content (AvgIpc) is 2.59. The minimum Gasteiger partial charge on any atom is -0.327 e. The average molecular weight is 203 g/mol. The molecular formula is C12H17N3. The fourth-order valence-electron chi connectivity index (χ4n) is 1.66. The number of hydrogen-bond acceptors (Lipinski definition) is 2. The quantitative estimate of drug-likeness (QED) is 0.750. The highest BCUT2D eigenvalue weighted by atomic mass is 15.1. The fraction of sp³-hybridized carbons (Fsp3) is 0.500. The summed E-state index contributed by atoms with van der Waals surface area (Å²) in [7, 11) is 0. The second-order valence-corrected chi connectivity index (χ2v) is 4.51. The maximum atomic E-state index is 4.37. The lowest BCUT2D eigenvalue weighted by atomic mass is 10.1. The van der Waals surface area contributed by atoms with Gasteiger partial charge in [-0.3, -0.25) is 0 Å². The number of nitrogens with zero attached hydrogens (tertiary/aromatic N) is 3. The normalized spacial score (nSPS) is 11.9. The maximum absolute atomic E-state index is 4.37. The molecule has 15 heavy (non-hydrogen) atoms. The molecule has 0 saturated heterocycles. The standard InChI is InChI=1S/C12H17N3/c1-8(2)10-5-11-12(13-6-10)14-7-15(11)9(3)4/h5-9H,1-4H3. The molecule has 80 valence electrons. The first-order chi connectivity index (χ1) is 7.09. The smallest absolute Gasteiger partial charge is 0.177 e. The molecular weight excluding hydrogens is 186 g/mol. The Hall–Kier alpha value is -1.38.